The van der Waals surface area contributed by atoms with E-state index in [1.54, 1.807) is 24.5 Å². The van der Waals surface area contributed by atoms with Crippen molar-refractivity contribution in [2.45, 2.75) is 11.4 Å². The SMILES string of the molecule is CNCc1ccn(S(=O)(=O)c2cccnc2)c1. The normalized spacial score (nSPS) is 11.6. The molecule has 2 heterocycles. The Labute approximate surface area is 100 Å². The summed E-state index contributed by atoms with van der Waals surface area (Å²) < 4.78 is 25.5. The van der Waals surface area contributed by atoms with Crippen molar-refractivity contribution < 1.29 is 8.42 Å². The molecule has 0 bridgehead atoms. The summed E-state index contributed by atoms with van der Waals surface area (Å²) in [7, 11) is -1.70. The first-order chi connectivity index (χ1) is 8.14. The van der Waals surface area contributed by atoms with Gasteiger partial charge in [0.1, 0.15) is 4.90 Å². The quantitative estimate of drug-likeness (QED) is 0.874. The molecule has 2 aromatic heterocycles. The third-order valence-electron chi connectivity index (χ3n) is 2.32. The minimum atomic E-state index is -3.51. The van der Waals surface area contributed by atoms with Gasteiger partial charge in [-0.3, -0.25) is 4.98 Å². The molecule has 90 valence electrons. The second kappa shape index (κ2) is 4.68. The van der Waals surface area contributed by atoms with E-state index < -0.39 is 10.0 Å². The first-order valence-corrected chi connectivity index (χ1v) is 6.55. The molecule has 0 atom stereocenters. The molecule has 0 amide bonds. The highest BCUT2D eigenvalue weighted by Gasteiger charge is 2.16. The standard InChI is InChI=1S/C11H13N3O2S/c1-12-7-10-4-6-14(9-10)17(15,16)11-3-2-5-13-8-11/h2-6,8-9,12H,7H2,1H3. The van der Waals surface area contributed by atoms with Crippen LogP contribution in [-0.4, -0.2) is 24.4 Å². The Hall–Kier alpha value is -1.66. The molecule has 0 aliphatic carbocycles. The van der Waals surface area contributed by atoms with Crippen LogP contribution in [0.2, 0.25) is 0 Å². The highest BCUT2D eigenvalue weighted by Crippen LogP contribution is 2.13. The fourth-order valence-corrected chi connectivity index (χ4v) is 2.68. The van der Waals surface area contributed by atoms with Gasteiger partial charge in [-0.15, -0.1) is 0 Å². The summed E-state index contributed by atoms with van der Waals surface area (Å²) >= 11 is 0. The lowest BCUT2D eigenvalue weighted by Gasteiger charge is -2.04. The van der Waals surface area contributed by atoms with E-state index in [1.165, 1.54) is 22.4 Å². The maximum absolute atomic E-state index is 12.2. The molecule has 0 saturated heterocycles. The van der Waals surface area contributed by atoms with Gasteiger partial charge in [-0.1, -0.05) is 0 Å². The van der Waals surface area contributed by atoms with Crippen LogP contribution >= 0.6 is 0 Å². The zero-order valence-corrected chi connectivity index (χ0v) is 10.2. The van der Waals surface area contributed by atoms with Crippen LogP contribution in [0.25, 0.3) is 0 Å². The molecule has 5 nitrogen and oxygen atoms in total. The summed E-state index contributed by atoms with van der Waals surface area (Å²) in [5, 5.41) is 2.97. The lowest BCUT2D eigenvalue weighted by molar-refractivity contribution is 0.587. The van der Waals surface area contributed by atoms with Crippen molar-refractivity contribution in [1.29, 1.82) is 0 Å². The molecular weight excluding hydrogens is 238 g/mol. The Kier molecular flexibility index (Phi) is 3.26. The molecule has 6 heteroatoms. The van der Waals surface area contributed by atoms with Crippen LogP contribution in [0, 0.1) is 0 Å². The Bertz CT molecular complexity index is 590. The van der Waals surface area contributed by atoms with Crippen molar-refractivity contribution in [2.75, 3.05) is 7.05 Å². The fourth-order valence-electron chi connectivity index (χ4n) is 1.50. The van der Waals surface area contributed by atoms with Crippen molar-refractivity contribution in [3.8, 4) is 0 Å². The predicted octanol–water partition coefficient (Wildman–Crippen LogP) is 0.840. The van der Waals surface area contributed by atoms with Crippen LogP contribution in [0.5, 0.6) is 0 Å². The number of pyridine rings is 1. The monoisotopic (exact) mass is 251 g/mol. The van der Waals surface area contributed by atoms with E-state index in [0.717, 1.165) is 5.56 Å². The third kappa shape index (κ3) is 2.37. The third-order valence-corrected chi connectivity index (χ3v) is 3.94. The van der Waals surface area contributed by atoms with Crippen molar-refractivity contribution in [3.63, 3.8) is 0 Å². The summed E-state index contributed by atoms with van der Waals surface area (Å²) in [5.41, 5.74) is 0.917. The largest absolute Gasteiger partial charge is 0.316 e. The Morgan fingerprint density at radius 2 is 2.24 bits per heavy atom. The summed E-state index contributed by atoms with van der Waals surface area (Å²) in [5.74, 6) is 0. The zero-order chi connectivity index (χ0) is 12.3. The van der Waals surface area contributed by atoms with Gasteiger partial charge in [0.05, 0.1) is 0 Å². The maximum atomic E-state index is 12.2. The average molecular weight is 251 g/mol. The van der Waals surface area contributed by atoms with Gasteiger partial charge in [0.25, 0.3) is 10.0 Å². The summed E-state index contributed by atoms with van der Waals surface area (Å²) in [6.45, 7) is 0.634. The van der Waals surface area contributed by atoms with Gasteiger partial charge in [-0.2, -0.15) is 0 Å². The molecule has 17 heavy (non-hydrogen) atoms. The second-order valence-electron chi connectivity index (χ2n) is 3.57. The minimum absolute atomic E-state index is 0.187. The summed E-state index contributed by atoms with van der Waals surface area (Å²) in [6.07, 6.45) is 6.02. The van der Waals surface area contributed by atoms with Crippen LogP contribution in [0.1, 0.15) is 5.56 Å². The van der Waals surface area contributed by atoms with Gasteiger partial charge in [0.2, 0.25) is 0 Å². The van der Waals surface area contributed by atoms with E-state index >= 15 is 0 Å². The Morgan fingerprint density at radius 3 is 2.88 bits per heavy atom. The molecule has 0 aliphatic heterocycles. The molecule has 2 rings (SSSR count). The molecule has 0 saturated carbocycles. The van der Waals surface area contributed by atoms with E-state index in [9.17, 15) is 8.42 Å². The smallest absolute Gasteiger partial charge is 0.269 e. The van der Waals surface area contributed by atoms with Gasteiger partial charge < -0.3 is 5.32 Å². The van der Waals surface area contributed by atoms with Gasteiger partial charge in [-0.05, 0) is 30.8 Å². The first kappa shape index (κ1) is 11.8. The van der Waals surface area contributed by atoms with Crippen LogP contribution in [0.3, 0.4) is 0 Å². The van der Waals surface area contributed by atoms with Crippen molar-refractivity contribution >= 4 is 10.0 Å². The molecule has 0 unspecified atom stereocenters. The lowest BCUT2D eigenvalue weighted by Crippen LogP contribution is -2.11. The molecular formula is C11H13N3O2S. The highest BCUT2D eigenvalue weighted by molar-refractivity contribution is 7.90. The van der Waals surface area contributed by atoms with Crippen LogP contribution in [-0.2, 0) is 16.6 Å². The van der Waals surface area contributed by atoms with E-state index in [0.29, 0.717) is 6.54 Å². The first-order valence-electron chi connectivity index (χ1n) is 5.11. The highest BCUT2D eigenvalue weighted by atomic mass is 32.2. The van der Waals surface area contributed by atoms with E-state index in [-0.39, 0.29) is 4.90 Å². The lowest BCUT2D eigenvalue weighted by atomic mass is 10.3. The van der Waals surface area contributed by atoms with Gasteiger partial charge in [0, 0.05) is 31.3 Å². The molecule has 2 aromatic rings. The zero-order valence-electron chi connectivity index (χ0n) is 9.37. The average Bonchev–Trinajstić information content (AvgIpc) is 2.80. The number of nitrogens with zero attached hydrogens (tertiary/aromatic N) is 2. The summed E-state index contributed by atoms with van der Waals surface area (Å²) in [6, 6.07) is 4.90. The Balaban J connectivity index is 2.38. The maximum Gasteiger partial charge on any atom is 0.269 e. The number of nitrogens with one attached hydrogen (secondary N) is 1. The minimum Gasteiger partial charge on any atom is -0.316 e. The molecule has 1 N–H and O–H groups in total. The van der Waals surface area contributed by atoms with Crippen LogP contribution in [0.4, 0.5) is 0 Å². The Morgan fingerprint density at radius 1 is 1.41 bits per heavy atom. The molecule has 0 fully saturated rings. The number of hydrogen-bond acceptors (Lipinski definition) is 4. The van der Waals surface area contributed by atoms with E-state index in [1.807, 2.05) is 7.05 Å². The van der Waals surface area contributed by atoms with Crippen molar-refractivity contribution in [2.24, 2.45) is 0 Å². The van der Waals surface area contributed by atoms with Gasteiger partial charge >= 0.3 is 0 Å². The molecule has 0 spiro atoms. The topological polar surface area (TPSA) is 64.0 Å². The van der Waals surface area contributed by atoms with Crippen molar-refractivity contribution in [1.82, 2.24) is 14.3 Å². The fraction of sp³-hybridized carbons (Fsp3) is 0.182. The summed E-state index contributed by atoms with van der Waals surface area (Å²) in [4.78, 5) is 4.00. The predicted molar refractivity (Wildman–Crippen MR) is 64.0 cm³/mol. The molecule has 0 aromatic carbocycles. The van der Waals surface area contributed by atoms with E-state index in [4.69, 9.17) is 0 Å². The van der Waals surface area contributed by atoms with E-state index in [2.05, 4.69) is 10.3 Å². The molecule has 0 aliphatic rings. The van der Waals surface area contributed by atoms with Crippen LogP contribution in [0.15, 0.2) is 47.9 Å². The van der Waals surface area contributed by atoms with Gasteiger partial charge in [0.15, 0.2) is 0 Å². The molecule has 0 radical (unpaired) electrons. The number of aromatic nitrogens is 2. The van der Waals surface area contributed by atoms with Crippen molar-refractivity contribution in [3.05, 3.63) is 48.5 Å². The van der Waals surface area contributed by atoms with Gasteiger partial charge in [-0.25, -0.2) is 12.4 Å². The second-order valence-corrected chi connectivity index (χ2v) is 5.42. The van der Waals surface area contributed by atoms with Crippen LogP contribution < -0.4 is 5.32 Å². The number of rotatable bonds is 4. The number of hydrogen-bond donors (Lipinski definition) is 1.